The number of para-hydroxylation sites is 2. The number of carbonyl (C=O) groups is 1. The molecule has 0 saturated carbocycles. The lowest BCUT2D eigenvalue weighted by molar-refractivity contribution is -0.823. The summed E-state index contributed by atoms with van der Waals surface area (Å²) in [4.78, 5) is 12.5. The molecule has 1 unspecified atom stereocenters. The van der Waals surface area contributed by atoms with Crippen LogP contribution in [0.5, 0.6) is 0 Å². The van der Waals surface area contributed by atoms with Crippen molar-refractivity contribution in [2.75, 3.05) is 24.7 Å². The zero-order chi connectivity index (χ0) is 12.8. The van der Waals surface area contributed by atoms with Gasteiger partial charge in [-0.15, -0.1) is 0 Å². The van der Waals surface area contributed by atoms with E-state index in [2.05, 4.69) is 43.0 Å². The lowest BCUT2D eigenvalue weighted by atomic mass is 10.2. The molecule has 2 rings (SSSR count). The van der Waals surface area contributed by atoms with E-state index in [1.54, 1.807) is 4.90 Å². The smallest absolute Gasteiger partial charge is 0.249 e. The van der Waals surface area contributed by atoms with Crippen molar-refractivity contribution in [2.24, 2.45) is 0 Å². The van der Waals surface area contributed by atoms with E-state index in [1.807, 2.05) is 0 Å². The van der Waals surface area contributed by atoms with E-state index in [1.165, 1.54) is 17.9 Å². The minimum atomic E-state index is -2.08. The Labute approximate surface area is 101 Å². The van der Waals surface area contributed by atoms with E-state index in [0.29, 0.717) is 0 Å². The normalized spacial score (nSPS) is 17.1. The number of quaternary nitrogens is 1. The van der Waals surface area contributed by atoms with Crippen LogP contribution >= 0.6 is 0 Å². The molecule has 0 spiro atoms. The van der Waals surface area contributed by atoms with Crippen LogP contribution in [-0.2, 0) is 0 Å². The molecule has 1 aromatic rings. The van der Waals surface area contributed by atoms with Crippen molar-refractivity contribution >= 4 is 17.5 Å². The van der Waals surface area contributed by atoms with Crippen LogP contribution in [-0.4, -0.2) is 31.0 Å². The molecule has 1 aromatic carbocycles. The summed E-state index contributed by atoms with van der Waals surface area (Å²) in [6.07, 6.45) is -2.08. The van der Waals surface area contributed by atoms with Gasteiger partial charge in [-0.3, -0.25) is 4.90 Å². The first-order valence-corrected chi connectivity index (χ1v) is 5.69. The molecule has 5 nitrogen and oxygen atoms in total. The van der Waals surface area contributed by atoms with E-state index < -0.39 is 6.16 Å². The maximum atomic E-state index is 8.44. The van der Waals surface area contributed by atoms with Gasteiger partial charge >= 0.3 is 0 Å². The van der Waals surface area contributed by atoms with Crippen LogP contribution in [0.3, 0.4) is 0 Å². The summed E-state index contributed by atoms with van der Waals surface area (Å²) in [6, 6.07) is 8.72. The zero-order valence-electron chi connectivity index (χ0n) is 10.1. The number of benzene rings is 1. The summed E-state index contributed by atoms with van der Waals surface area (Å²) in [5.41, 5.74) is 2.88. The lowest BCUT2D eigenvalue weighted by Crippen LogP contribution is -3.06. The number of carboxylic acid groups (broad SMARTS) is 2. The molecule has 0 radical (unpaired) electrons. The SMILES string of the molecule is CCN1C[NH+](CC)c2ccccc21.O=C([O-])O. The predicted molar refractivity (Wildman–Crippen MR) is 63.5 cm³/mol. The molecule has 5 heteroatoms. The minimum Gasteiger partial charge on any atom is -0.565 e. The third-order valence-electron chi connectivity index (χ3n) is 2.82. The highest BCUT2D eigenvalue weighted by molar-refractivity contribution is 5.64. The Balaban J connectivity index is 0.000000317. The summed E-state index contributed by atoms with van der Waals surface area (Å²) in [7, 11) is 0. The molecule has 0 amide bonds. The lowest BCUT2D eigenvalue weighted by Gasteiger charge is -2.13. The van der Waals surface area contributed by atoms with Crippen LogP contribution in [0, 0.1) is 0 Å². The van der Waals surface area contributed by atoms with Crippen molar-refractivity contribution in [2.45, 2.75) is 13.8 Å². The first-order valence-electron chi connectivity index (χ1n) is 5.69. The molecule has 2 N–H and O–H groups in total. The van der Waals surface area contributed by atoms with Crippen LogP contribution in [0.2, 0.25) is 0 Å². The van der Waals surface area contributed by atoms with Gasteiger partial charge < -0.3 is 19.9 Å². The molecule has 0 bridgehead atoms. The van der Waals surface area contributed by atoms with Crippen molar-refractivity contribution in [3.8, 4) is 0 Å². The molecule has 0 saturated heterocycles. The van der Waals surface area contributed by atoms with Gasteiger partial charge in [0, 0.05) is 12.6 Å². The van der Waals surface area contributed by atoms with Crippen LogP contribution in [0.4, 0.5) is 16.2 Å². The molecule has 0 fully saturated rings. The Hall–Kier alpha value is -1.75. The van der Waals surface area contributed by atoms with Gasteiger partial charge in [0.25, 0.3) is 0 Å². The van der Waals surface area contributed by atoms with E-state index in [4.69, 9.17) is 15.0 Å². The average Bonchev–Trinajstić information content (AvgIpc) is 2.66. The highest BCUT2D eigenvalue weighted by Crippen LogP contribution is 2.25. The molecule has 0 aliphatic carbocycles. The fourth-order valence-corrected chi connectivity index (χ4v) is 2.03. The summed E-state index contributed by atoms with van der Waals surface area (Å²) < 4.78 is 0. The number of nitrogens with one attached hydrogen (secondary N) is 1. The minimum absolute atomic E-state index is 1.11. The van der Waals surface area contributed by atoms with E-state index in [9.17, 15) is 0 Å². The van der Waals surface area contributed by atoms with E-state index in [0.717, 1.165) is 13.2 Å². The maximum Gasteiger partial charge on any atom is 0.249 e. The zero-order valence-corrected chi connectivity index (χ0v) is 10.1. The Morgan fingerprint density at radius 3 is 2.59 bits per heavy atom. The van der Waals surface area contributed by atoms with E-state index >= 15 is 0 Å². The maximum absolute atomic E-state index is 8.44. The fourth-order valence-electron chi connectivity index (χ4n) is 2.03. The van der Waals surface area contributed by atoms with Crippen molar-refractivity contribution in [1.82, 2.24) is 0 Å². The highest BCUT2D eigenvalue weighted by Gasteiger charge is 2.27. The largest absolute Gasteiger partial charge is 0.565 e. The summed E-state index contributed by atoms with van der Waals surface area (Å²) in [6.45, 7) is 7.88. The molecule has 0 aromatic heterocycles. The molecule has 94 valence electrons. The molecule has 1 heterocycles. The predicted octanol–water partition coefficient (Wildman–Crippen LogP) is -0.0920. The van der Waals surface area contributed by atoms with Crippen LogP contribution < -0.4 is 14.9 Å². The van der Waals surface area contributed by atoms with E-state index in [-0.39, 0.29) is 0 Å². The fraction of sp³-hybridized carbons (Fsp3) is 0.417. The van der Waals surface area contributed by atoms with Crippen molar-refractivity contribution in [3.05, 3.63) is 24.3 Å². The van der Waals surface area contributed by atoms with Gasteiger partial charge in [0.2, 0.25) is 6.16 Å². The summed E-state index contributed by atoms with van der Waals surface area (Å²) in [5, 5.41) is 15.3. The number of anilines is 1. The molecular formula is C12H18N2O3. The third kappa shape index (κ3) is 3.35. The molecule has 1 aliphatic heterocycles. The molecular weight excluding hydrogens is 220 g/mol. The van der Waals surface area contributed by atoms with Gasteiger partial charge in [-0.1, -0.05) is 12.1 Å². The quantitative estimate of drug-likeness (QED) is 0.755. The number of hydrogen-bond acceptors (Lipinski definition) is 3. The van der Waals surface area contributed by atoms with Crippen molar-refractivity contribution < 1.29 is 19.9 Å². The van der Waals surface area contributed by atoms with Gasteiger partial charge in [-0.2, -0.15) is 0 Å². The monoisotopic (exact) mass is 238 g/mol. The number of fused-ring (bicyclic) bond motifs is 1. The van der Waals surface area contributed by atoms with Gasteiger partial charge in [-0.25, -0.2) is 0 Å². The second kappa shape index (κ2) is 6.10. The second-order valence-corrected chi connectivity index (χ2v) is 3.75. The van der Waals surface area contributed by atoms with Gasteiger partial charge in [0.15, 0.2) is 12.4 Å². The van der Waals surface area contributed by atoms with Gasteiger partial charge in [0.1, 0.15) is 5.69 Å². The summed E-state index contributed by atoms with van der Waals surface area (Å²) >= 11 is 0. The Bertz CT molecular complexity index is 349. The van der Waals surface area contributed by atoms with Crippen LogP contribution in [0.25, 0.3) is 0 Å². The first kappa shape index (κ1) is 13.3. The average molecular weight is 238 g/mol. The topological polar surface area (TPSA) is 68.0 Å². The van der Waals surface area contributed by atoms with Crippen molar-refractivity contribution in [1.29, 1.82) is 0 Å². The van der Waals surface area contributed by atoms with Crippen LogP contribution in [0.15, 0.2) is 24.3 Å². The summed E-state index contributed by atoms with van der Waals surface area (Å²) in [5.74, 6) is 0. The number of nitrogens with zero attached hydrogens (tertiary/aromatic N) is 1. The standard InChI is InChI=1S/C11H16N2.CH2O3/c1-3-12-9-13(4-2)11-8-6-5-7-10(11)12;2-1(3)4/h5-8H,3-4,9H2,1-2H3;(H2,2,3,4). The van der Waals surface area contributed by atoms with Gasteiger partial charge in [-0.05, 0) is 19.9 Å². The Morgan fingerprint density at radius 1 is 1.47 bits per heavy atom. The molecule has 1 atom stereocenters. The first-order chi connectivity index (χ1) is 8.10. The number of rotatable bonds is 2. The Kier molecular flexibility index (Phi) is 4.78. The highest BCUT2D eigenvalue weighted by atomic mass is 16.6. The molecule has 17 heavy (non-hydrogen) atoms. The molecule has 1 aliphatic rings. The van der Waals surface area contributed by atoms with Crippen LogP contribution in [0.1, 0.15) is 13.8 Å². The van der Waals surface area contributed by atoms with Crippen molar-refractivity contribution in [3.63, 3.8) is 0 Å². The third-order valence-corrected chi connectivity index (χ3v) is 2.82. The Morgan fingerprint density at radius 2 is 2.06 bits per heavy atom. The second-order valence-electron chi connectivity index (χ2n) is 3.75. The number of hydrogen-bond donors (Lipinski definition) is 2. The van der Waals surface area contributed by atoms with Gasteiger partial charge in [0.05, 0.1) is 6.54 Å².